The molecule has 1 aromatic heterocycles. The number of aromatic nitrogens is 2. The third-order valence-electron chi connectivity index (χ3n) is 2.83. The molecule has 3 nitrogen and oxygen atoms in total. The molecule has 0 radical (unpaired) electrons. The lowest BCUT2D eigenvalue weighted by atomic mass is 10.1. The molecule has 2 aromatic rings. The van der Waals surface area contributed by atoms with E-state index in [9.17, 15) is 0 Å². The average molecular weight is 329 g/mol. The molecule has 2 rings (SSSR count). The minimum absolute atomic E-state index is 0.650. The number of halogens is 2. The fourth-order valence-corrected chi connectivity index (χ4v) is 2.73. The van der Waals surface area contributed by atoms with Crippen LogP contribution in [-0.4, -0.2) is 9.55 Å². The Hall–Kier alpha value is -1.00. The summed E-state index contributed by atoms with van der Waals surface area (Å²) in [5.41, 5.74) is 7.79. The van der Waals surface area contributed by atoms with E-state index in [1.807, 2.05) is 29.7 Å². The minimum Gasteiger partial charge on any atom is -0.383 e. The molecule has 0 fully saturated rings. The normalized spacial score (nSPS) is 10.9. The van der Waals surface area contributed by atoms with Crippen LogP contribution in [0.1, 0.15) is 19.2 Å². The molecule has 0 aliphatic rings. The van der Waals surface area contributed by atoms with E-state index in [0.29, 0.717) is 10.8 Å². The fraction of sp³-hybridized carbons (Fsp3) is 0.308. The van der Waals surface area contributed by atoms with Crippen molar-refractivity contribution in [1.82, 2.24) is 9.55 Å². The number of rotatable bonds is 3. The predicted molar refractivity (Wildman–Crippen MR) is 79.8 cm³/mol. The molecule has 1 aromatic carbocycles. The molecule has 0 saturated carbocycles. The van der Waals surface area contributed by atoms with Gasteiger partial charge < -0.3 is 10.3 Å². The van der Waals surface area contributed by atoms with Gasteiger partial charge in [-0.25, -0.2) is 4.98 Å². The van der Waals surface area contributed by atoms with Gasteiger partial charge in [0.25, 0.3) is 0 Å². The first-order valence-electron chi connectivity index (χ1n) is 5.82. The number of benzene rings is 1. The number of hydrogen-bond donors (Lipinski definition) is 1. The Balaban J connectivity index is 2.54. The van der Waals surface area contributed by atoms with E-state index in [2.05, 4.69) is 27.8 Å². The topological polar surface area (TPSA) is 43.8 Å². The lowest BCUT2D eigenvalue weighted by Crippen LogP contribution is -2.04. The van der Waals surface area contributed by atoms with Crippen molar-refractivity contribution in [2.45, 2.75) is 26.8 Å². The molecule has 0 saturated heterocycles. The van der Waals surface area contributed by atoms with Crippen LogP contribution in [0.4, 0.5) is 5.82 Å². The van der Waals surface area contributed by atoms with Crippen molar-refractivity contribution >= 4 is 33.3 Å². The van der Waals surface area contributed by atoms with Gasteiger partial charge in [-0.15, -0.1) is 0 Å². The number of nitrogen functional groups attached to an aromatic ring is 1. The van der Waals surface area contributed by atoms with Crippen LogP contribution < -0.4 is 5.73 Å². The Labute approximate surface area is 120 Å². The van der Waals surface area contributed by atoms with Crippen molar-refractivity contribution < 1.29 is 0 Å². The van der Waals surface area contributed by atoms with Gasteiger partial charge in [0.15, 0.2) is 0 Å². The first kappa shape index (κ1) is 13.4. The number of hydrogen-bond acceptors (Lipinski definition) is 2. The van der Waals surface area contributed by atoms with Crippen molar-refractivity contribution in [1.29, 1.82) is 0 Å². The van der Waals surface area contributed by atoms with Gasteiger partial charge in [-0.3, -0.25) is 0 Å². The quantitative estimate of drug-likeness (QED) is 0.914. The van der Waals surface area contributed by atoms with E-state index in [-0.39, 0.29) is 0 Å². The van der Waals surface area contributed by atoms with Crippen LogP contribution in [0.2, 0.25) is 5.02 Å². The maximum atomic E-state index is 6.24. The van der Waals surface area contributed by atoms with Gasteiger partial charge in [0, 0.05) is 16.6 Å². The zero-order valence-corrected chi connectivity index (χ0v) is 12.7. The maximum Gasteiger partial charge on any atom is 0.131 e. The fourth-order valence-electron chi connectivity index (χ4n) is 1.97. The van der Waals surface area contributed by atoms with Gasteiger partial charge in [0.1, 0.15) is 17.3 Å². The van der Waals surface area contributed by atoms with E-state index in [1.54, 1.807) is 0 Å². The Morgan fingerprint density at radius 3 is 2.78 bits per heavy atom. The largest absolute Gasteiger partial charge is 0.383 e. The summed E-state index contributed by atoms with van der Waals surface area (Å²) in [6.07, 6.45) is 1.02. The van der Waals surface area contributed by atoms with Crippen LogP contribution in [0, 0.1) is 6.92 Å². The van der Waals surface area contributed by atoms with E-state index in [0.717, 1.165) is 34.5 Å². The molecule has 0 atom stereocenters. The second-order valence-electron chi connectivity index (χ2n) is 4.17. The van der Waals surface area contributed by atoms with E-state index in [4.69, 9.17) is 17.3 Å². The molecule has 0 amide bonds. The Kier molecular flexibility index (Phi) is 3.97. The standard InChI is InChI=1S/C13H15BrClN3/c1-3-6-18-8(2)17-12(13(18)16)10-5-4-9(14)7-11(10)15/h4-5,7H,3,6,16H2,1-2H3. The van der Waals surface area contributed by atoms with E-state index in [1.165, 1.54) is 0 Å². The first-order chi connectivity index (χ1) is 8.54. The first-order valence-corrected chi connectivity index (χ1v) is 6.99. The smallest absolute Gasteiger partial charge is 0.131 e. The van der Waals surface area contributed by atoms with Crippen LogP contribution in [-0.2, 0) is 6.54 Å². The molecule has 1 heterocycles. The zero-order chi connectivity index (χ0) is 13.3. The molecule has 18 heavy (non-hydrogen) atoms. The second-order valence-corrected chi connectivity index (χ2v) is 5.49. The van der Waals surface area contributed by atoms with Crippen molar-refractivity contribution in [2.24, 2.45) is 0 Å². The summed E-state index contributed by atoms with van der Waals surface area (Å²) in [4.78, 5) is 4.53. The second kappa shape index (κ2) is 5.33. The van der Waals surface area contributed by atoms with Crippen LogP contribution in [0.25, 0.3) is 11.3 Å². The van der Waals surface area contributed by atoms with Gasteiger partial charge in [0.05, 0.1) is 5.02 Å². The summed E-state index contributed by atoms with van der Waals surface area (Å²) in [5.74, 6) is 1.60. The van der Waals surface area contributed by atoms with Crippen LogP contribution in [0.5, 0.6) is 0 Å². The summed E-state index contributed by atoms with van der Waals surface area (Å²) < 4.78 is 2.97. The molecule has 0 aliphatic heterocycles. The molecule has 0 bridgehead atoms. The highest BCUT2D eigenvalue weighted by Gasteiger charge is 2.15. The molecular formula is C13H15BrClN3. The lowest BCUT2D eigenvalue weighted by Gasteiger charge is -2.06. The monoisotopic (exact) mass is 327 g/mol. The van der Waals surface area contributed by atoms with Crippen molar-refractivity contribution in [3.8, 4) is 11.3 Å². The summed E-state index contributed by atoms with van der Waals surface area (Å²) in [6.45, 7) is 4.95. The van der Waals surface area contributed by atoms with Gasteiger partial charge >= 0.3 is 0 Å². The number of aryl methyl sites for hydroxylation is 1. The molecule has 0 unspecified atom stereocenters. The number of nitrogens with two attached hydrogens (primary N) is 1. The molecule has 2 N–H and O–H groups in total. The van der Waals surface area contributed by atoms with Gasteiger partial charge in [-0.05, 0) is 25.5 Å². The van der Waals surface area contributed by atoms with E-state index < -0.39 is 0 Å². The van der Waals surface area contributed by atoms with Crippen molar-refractivity contribution in [3.05, 3.63) is 33.5 Å². The summed E-state index contributed by atoms with van der Waals surface area (Å²) >= 11 is 9.63. The third kappa shape index (κ3) is 2.40. The lowest BCUT2D eigenvalue weighted by molar-refractivity contribution is 0.665. The number of nitrogens with zero attached hydrogens (tertiary/aromatic N) is 2. The highest BCUT2D eigenvalue weighted by molar-refractivity contribution is 9.10. The summed E-state index contributed by atoms with van der Waals surface area (Å²) in [7, 11) is 0. The molecule has 0 spiro atoms. The van der Waals surface area contributed by atoms with E-state index >= 15 is 0 Å². The number of imidazole rings is 1. The average Bonchev–Trinajstić information content (AvgIpc) is 2.58. The maximum absolute atomic E-state index is 6.24. The van der Waals surface area contributed by atoms with Gasteiger partial charge in [-0.1, -0.05) is 40.5 Å². The molecule has 5 heteroatoms. The molecule has 0 aliphatic carbocycles. The Bertz CT molecular complexity index is 578. The Morgan fingerprint density at radius 2 is 2.17 bits per heavy atom. The van der Waals surface area contributed by atoms with Gasteiger partial charge in [0.2, 0.25) is 0 Å². The minimum atomic E-state index is 0.650. The predicted octanol–water partition coefficient (Wildman–Crippen LogP) is 4.27. The third-order valence-corrected chi connectivity index (χ3v) is 3.64. The molecule has 96 valence electrons. The Morgan fingerprint density at radius 1 is 1.44 bits per heavy atom. The van der Waals surface area contributed by atoms with Gasteiger partial charge in [-0.2, -0.15) is 0 Å². The van der Waals surface area contributed by atoms with Crippen LogP contribution >= 0.6 is 27.5 Å². The number of anilines is 1. The summed E-state index contributed by atoms with van der Waals surface area (Å²) in [5, 5.41) is 0.650. The van der Waals surface area contributed by atoms with Crippen LogP contribution in [0.3, 0.4) is 0 Å². The van der Waals surface area contributed by atoms with Crippen LogP contribution in [0.15, 0.2) is 22.7 Å². The SMILES string of the molecule is CCCn1c(C)nc(-c2ccc(Br)cc2Cl)c1N. The highest BCUT2D eigenvalue weighted by Crippen LogP contribution is 2.33. The highest BCUT2D eigenvalue weighted by atomic mass is 79.9. The zero-order valence-electron chi connectivity index (χ0n) is 10.4. The molecular weight excluding hydrogens is 314 g/mol. The van der Waals surface area contributed by atoms with Crippen molar-refractivity contribution in [3.63, 3.8) is 0 Å². The summed E-state index contributed by atoms with van der Waals surface area (Å²) in [6, 6.07) is 5.72. The van der Waals surface area contributed by atoms with Crippen molar-refractivity contribution in [2.75, 3.05) is 5.73 Å².